The molecule has 0 amide bonds. The van der Waals surface area contributed by atoms with E-state index in [-0.39, 0.29) is 5.28 Å². The number of nitrogens with two attached hydrogens (primary N) is 1. The third-order valence-electron chi connectivity index (χ3n) is 2.52. The third kappa shape index (κ3) is 3.00. The number of rotatable bonds is 3. The van der Waals surface area contributed by atoms with Gasteiger partial charge in [-0.15, -0.1) is 0 Å². The summed E-state index contributed by atoms with van der Waals surface area (Å²) in [6, 6.07) is 5.25. The number of aromatic nitrogens is 2. The van der Waals surface area contributed by atoms with Gasteiger partial charge in [-0.05, 0) is 30.7 Å². The Balaban J connectivity index is 2.36. The monoisotopic (exact) mass is 298 g/mol. The van der Waals surface area contributed by atoms with Gasteiger partial charge in [-0.3, -0.25) is 0 Å². The predicted molar refractivity (Wildman–Crippen MR) is 77.5 cm³/mol. The molecule has 7 heteroatoms. The standard InChI is InChI=1S/C12H12Cl2N4O/c1-6-10(15)11(18-12(14)16-6)17-7-3-4-8(13)9(5-7)19-2/h3-5H,15H2,1-2H3,(H,16,17,18). The van der Waals surface area contributed by atoms with E-state index in [1.807, 2.05) is 0 Å². The van der Waals surface area contributed by atoms with E-state index in [0.717, 1.165) is 5.69 Å². The van der Waals surface area contributed by atoms with Crippen molar-refractivity contribution in [3.63, 3.8) is 0 Å². The van der Waals surface area contributed by atoms with E-state index >= 15 is 0 Å². The highest BCUT2D eigenvalue weighted by Gasteiger charge is 2.09. The molecular weight excluding hydrogens is 287 g/mol. The summed E-state index contributed by atoms with van der Waals surface area (Å²) in [4.78, 5) is 8.02. The minimum Gasteiger partial charge on any atom is -0.495 e. The van der Waals surface area contributed by atoms with E-state index in [0.29, 0.717) is 28.0 Å². The van der Waals surface area contributed by atoms with Gasteiger partial charge in [-0.2, -0.15) is 4.98 Å². The number of benzene rings is 1. The second kappa shape index (κ2) is 5.50. The summed E-state index contributed by atoms with van der Waals surface area (Å²) in [6.45, 7) is 1.76. The Kier molecular flexibility index (Phi) is 3.97. The van der Waals surface area contributed by atoms with Crippen molar-refractivity contribution in [1.29, 1.82) is 0 Å². The average Bonchev–Trinajstić information content (AvgIpc) is 2.37. The van der Waals surface area contributed by atoms with Crippen LogP contribution in [0.4, 0.5) is 17.2 Å². The number of anilines is 3. The molecule has 0 saturated carbocycles. The topological polar surface area (TPSA) is 73.1 Å². The molecule has 0 saturated heterocycles. The summed E-state index contributed by atoms with van der Waals surface area (Å²) in [5, 5.41) is 3.72. The molecule has 2 aromatic rings. The molecule has 1 aromatic carbocycles. The molecule has 0 radical (unpaired) electrons. The van der Waals surface area contributed by atoms with Crippen molar-refractivity contribution in [1.82, 2.24) is 9.97 Å². The highest BCUT2D eigenvalue weighted by atomic mass is 35.5. The van der Waals surface area contributed by atoms with Crippen molar-refractivity contribution in [2.75, 3.05) is 18.2 Å². The molecule has 0 aliphatic heterocycles. The molecule has 0 bridgehead atoms. The molecule has 2 rings (SSSR count). The molecule has 5 nitrogen and oxygen atoms in total. The molecule has 0 unspecified atom stereocenters. The van der Waals surface area contributed by atoms with Gasteiger partial charge >= 0.3 is 0 Å². The number of methoxy groups -OCH3 is 1. The zero-order valence-corrected chi connectivity index (χ0v) is 11.9. The predicted octanol–water partition coefficient (Wildman–Crippen LogP) is 3.43. The molecule has 1 heterocycles. The van der Waals surface area contributed by atoms with Crippen molar-refractivity contribution in [3.8, 4) is 5.75 Å². The highest BCUT2D eigenvalue weighted by molar-refractivity contribution is 6.32. The van der Waals surface area contributed by atoms with Crippen LogP contribution < -0.4 is 15.8 Å². The lowest BCUT2D eigenvalue weighted by Crippen LogP contribution is -2.04. The van der Waals surface area contributed by atoms with Gasteiger partial charge in [0.1, 0.15) is 5.75 Å². The molecule has 0 aliphatic rings. The maximum absolute atomic E-state index is 5.96. The number of ether oxygens (including phenoxy) is 1. The van der Waals surface area contributed by atoms with Crippen LogP contribution in [0.3, 0.4) is 0 Å². The fourth-order valence-corrected chi connectivity index (χ4v) is 1.92. The van der Waals surface area contributed by atoms with Crippen molar-refractivity contribution >= 4 is 40.4 Å². The maximum atomic E-state index is 5.96. The van der Waals surface area contributed by atoms with Crippen LogP contribution in [-0.4, -0.2) is 17.1 Å². The largest absolute Gasteiger partial charge is 0.495 e. The Bertz CT molecular complexity index is 619. The molecule has 0 aliphatic carbocycles. The van der Waals surface area contributed by atoms with Crippen molar-refractivity contribution in [3.05, 3.63) is 34.2 Å². The van der Waals surface area contributed by atoms with Gasteiger partial charge in [0.05, 0.1) is 23.5 Å². The molecule has 0 fully saturated rings. The van der Waals surface area contributed by atoms with Gasteiger partial charge < -0.3 is 15.8 Å². The maximum Gasteiger partial charge on any atom is 0.224 e. The summed E-state index contributed by atoms with van der Waals surface area (Å²) >= 11 is 11.8. The van der Waals surface area contributed by atoms with Gasteiger partial charge in [0.25, 0.3) is 0 Å². The van der Waals surface area contributed by atoms with Crippen LogP contribution in [0.5, 0.6) is 5.75 Å². The Hall–Kier alpha value is -1.72. The summed E-state index contributed by atoms with van der Waals surface area (Å²) < 4.78 is 5.14. The lowest BCUT2D eigenvalue weighted by Gasteiger charge is -2.11. The highest BCUT2D eigenvalue weighted by Crippen LogP contribution is 2.30. The molecule has 1 aromatic heterocycles. The molecule has 19 heavy (non-hydrogen) atoms. The van der Waals surface area contributed by atoms with Gasteiger partial charge in [-0.25, -0.2) is 4.98 Å². The van der Waals surface area contributed by atoms with Crippen LogP contribution >= 0.6 is 23.2 Å². The van der Waals surface area contributed by atoms with Crippen molar-refractivity contribution < 1.29 is 4.74 Å². The van der Waals surface area contributed by atoms with Crippen LogP contribution in [0.1, 0.15) is 5.69 Å². The van der Waals surface area contributed by atoms with E-state index in [2.05, 4.69) is 15.3 Å². The van der Waals surface area contributed by atoms with Gasteiger partial charge in [0.2, 0.25) is 5.28 Å². The van der Waals surface area contributed by atoms with E-state index in [1.54, 1.807) is 32.2 Å². The molecule has 3 N–H and O–H groups in total. The zero-order chi connectivity index (χ0) is 14.0. The second-order valence-electron chi connectivity index (χ2n) is 3.81. The van der Waals surface area contributed by atoms with Crippen molar-refractivity contribution in [2.45, 2.75) is 6.92 Å². The van der Waals surface area contributed by atoms with Gasteiger partial charge in [0, 0.05) is 11.8 Å². The third-order valence-corrected chi connectivity index (χ3v) is 3.00. The van der Waals surface area contributed by atoms with Gasteiger partial charge in [0.15, 0.2) is 5.82 Å². The fraction of sp³-hybridized carbons (Fsp3) is 0.167. The first-order valence-electron chi connectivity index (χ1n) is 5.41. The number of nitrogen functional groups attached to an aromatic ring is 1. The first-order chi connectivity index (χ1) is 9.01. The lowest BCUT2D eigenvalue weighted by atomic mass is 10.3. The van der Waals surface area contributed by atoms with Crippen molar-refractivity contribution in [2.24, 2.45) is 0 Å². The zero-order valence-electron chi connectivity index (χ0n) is 10.4. The molecule has 0 spiro atoms. The number of aryl methyl sites for hydroxylation is 1. The summed E-state index contributed by atoms with van der Waals surface area (Å²) in [5.74, 6) is 1.00. The summed E-state index contributed by atoms with van der Waals surface area (Å²) in [5.41, 5.74) is 7.69. The first kappa shape index (κ1) is 13.7. The van der Waals surface area contributed by atoms with Crippen LogP contribution in [0.25, 0.3) is 0 Å². The Morgan fingerprint density at radius 3 is 2.68 bits per heavy atom. The Labute approximate surface area is 120 Å². The Morgan fingerprint density at radius 1 is 1.26 bits per heavy atom. The minimum atomic E-state index is 0.134. The number of hydrogen-bond donors (Lipinski definition) is 2. The second-order valence-corrected chi connectivity index (χ2v) is 4.56. The summed E-state index contributed by atoms with van der Waals surface area (Å²) in [6.07, 6.45) is 0. The van der Waals surface area contributed by atoms with Crippen LogP contribution in [0, 0.1) is 6.92 Å². The van der Waals surface area contributed by atoms with Crippen LogP contribution in [0.2, 0.25) is 10.3 Å². The summed E-state index contributed by atoms with van der Waals surface area (Å²) in [7, 11) is 1.55. The fourth-order valence-electron chi connectivity index (χ4n) is 1.52. The first-order valence-corrected chi connectivity index (χ1v) is 6.17. The molecular formula is C12H12Cl2N4O. The van der Waals surface area contributed by atoms with Crippen LogP contribution in [-0.2, 0) is 0 Å². The van der Waals surface area contributed by atoms with E-state index in [4.69, 9.17) is 33.7 Å². The minimum absolute atomic E-state index is 0.134. The molecule has 100 valence electrons. The van der Waals surface area contributed by atoms with Crippen LogP contribution in [0.15, 0.2) is 18.2 Å². The quantitative estimate of drug-likeness (QED) is 0.849. The lowest BCUT2D eigenvalue weighted by molar-refractivity contribution is 0.415. The normalized spacial score (nSPS) is 10.3. The smallest absolute Gasteiger partial charge is 0.224 e. The average molecular weight is 299 g/mol. The van der Waals surface area contributed by atoms with E-state index < -0.39 is 0 Å². The molecule has 0 atom stereocenters. The SMILES string of the molecule is COc1cc(Nc2nc(Cl)nc(C)c2N)ccc1Cl. The number of nitrogens with zero attached hydrogens (tertiary/aromatic N) is 2. The van der Waals surface area contributed by atoms with Gasteiger partial charge in [-0.1, -0.05) is 11.6 Å². The Morgan fingerprint density at radius 2 is 2.00 bits per heavy atom. The number of nitrogens with one attached hydrogen (secondary N) is 1. The van der Waals surface area contributed by atoms with E-state index in [1.165, 1.54) is 0 Å². The number of halogens is 2. The number of hydrogen-bond acceptors (Lipinski definition) is 5. The van der Waals surface area contributed by atoms with E-state index in [9.17, 15) is 0 Å².